The van der Waals surface area contributed by atoms with Gasteiger partial charge >= 0.3 is 0 Å². The number of amides is 1. The SMILES string of the molecule is Cl.NCC1CCN(C(=O)c2ccc(F)c(F)c2)CC1. The summed E-state index contributed by atoms with van der Waals surface area (Å²) >= 11 is 0. The molecule has 1 aromatic rings. The number of rotatable bonds is 2. The first-order chi connectivity index (χ1) is 8.61. The molecule has 3 nitrogen and oxygen atoms in total. The van der Waals surface area contributed by atoms with E-state index in [1.165, 1.54) is 6.07 Å². The highest BCUT2D eigenvalue weighted by molar-refractivity contribution is 5.94. The van der Waals surface area contributed by atoms with Gasteiger partial charge in [-0.05, 0) is 43.5 Å². The van der Waals surface area contributed by atoms with Crippen molar-refractivity contribution in [1.29, 1.82) is 0 Å². The number of carbonyl (C=O) groups excluding carboxylic acids is 1. The molecule has 6 heteroatoms. The lowest BCUT2D eigenvalue weighted by atomic mass is 9.96. The van der Waals surface area contributed by atoms with Crippen LogP contribution in [0.15, 0.2) is 18.2 Å². The van der Waals surface area contributed by atoms with E-state index in [2.05, 4.69) is 0 Å². The van der Waals surface area contributed by atoms with Crippen LogP contribution >= 0.6 is 12.4 Å². The van der Waals surface area contributed by atoms with Crippen molar-refractivity contribution in [2.24, 2.45) is 11.7 Å². The van der Waals surface area contributed by atoms with E-state index < -0.39 is 11.6 Å². The summed E-state index contributed by atoms with van der Waals surface area (Å²) in [5, 5.41) is 0. The zero-order valence-electron chi connectivity index (χ0n) is 10.4. The highest BCUT2D eigenvalue weighted by Crippen LogP contribution is 2.18. The van der Waals surface area contributed by atoms with Crippen LogP contribution in [0.3, 0.4) is 0 Å². The van der Waals surface area contributed by atoms with Gasteiger partial charge in [-0.1, -0.05) is 0 Å². The van der Waals surface area contributed by atoms with Crippen molar-refractivity contribution < 1.29 is 13.6 Å². The Kier molecular flexibility index (Phi) is 5.69. The van der Waals surface area contributed by atoms with Crippen LogP contribution in [0.2, 0.25) is 0 Å². The van der Waals surface area contributed by atoms with Crippen molar-refractivity contribution in [3.05, 3.63) is 35.4 Å². The molecular formula is C13H17ClF2N2O. The lowest BCUT2D eigenvalue weighted by Crippen LogP contribution is -2.40. The number of halogens is 3. The average Bonchev–Trinajstić information content (AvgIpc) is 2.41. The molecule has 19 heavy (non-hydrogen) atoms. The second-order valence-corrected chi connectivity index (χ2v) is 4.60. The summed E-state index contributed by atoms with van der Waals surface area (Å²) in [7, 11) is 0. The molecule has 1 aromatic carbocycles. The van der Waals surface area contributed by atoms with E-state index in [9.17, 15) is 13.6 Å². The van der Waals surface area contributed by atoms with Gasteiger partial charge in [0.1, 0.15) is 0 Å². The van der Waals surface area contributed by atoms with Crippen LogP contribution in [-0.4, -0.2) is 30.4 Å². The maximum atomic E-state index is 13.1. The fourth-order valence-corrected chi connectivity index (χ4v) is 2.18. The minimum absolute atomic E-state index is 0. The van der Waals surface area contributed by atoms with E-state index in [4.69, 9.17) is 5.73 Å². The quantitative estimate of drug-likeness (QED) is 0.907. The molecule has 0 unspecified atom stereocenters. The molecule has 106 valence electrons. The fraction of sp³-hybridized carbons (Fsp3) is 0.462. The standard InChI is InChI=1S/C13H16F2N2O.ClH/c14-11-2-1-10(7-12(11)15)13(18)17-5-3-9(8-16)4-6-17;/h1-2,7,9H,3-6,8,16H2;1H. The van der Waals surface area contributed by atoms with Gasteiger partial charge in [0.25, 0.3) is 5.91 Å². The number of hydrogen-bond acceptors (Lipinski definition) is 2. The van der Waals surface area contributed by atoms with E-state index in [0.717, 1.165) is 25.0 Å². The van der Waals surface area contributed by atoms with E-state index >= 15 is 0 Å². The average molecular weight is 291 g/mol. The lowest BCUT2D eigenvalue weighted by molar-refractivity contribution is 0.0693. The Balaban J connectivity index is 0.00000180. The van der Waals surface area contributed by atoms with Gasteiger partial charge in [0.05, 0.1) is 0 Å². The predicted molar refractivity (Wildman–Crippen MR) is 71.3 cm³/mol. The number of likely N-dealkylation sites (tertiary alicyclic amines) is 1. The second-order valence-electron chi connectivity index (χ2n) is 4.60. The Morgan fingerprint density at radius 1 is 1.26 bits per heavy atom. The molecule has 0 aromatic heterocycles. The number of nitrogens with two attached hydrogens (primary N) is 1. The smallest absolute Gasteiger partial charge is 0.253 e. The van der Waals surface area contributed by atoms with Crippen LogP contribution in [0.25, 0.3) is 0 Å². The van der Waals surface area contributed by atoms with Gasteiger partial charge in [0.15, 0.2) is 11.6 Å². The molecule has 2 rings (SSSR count). The van der Waals surface area contributed by atoms with Gasteiger partial charge in [0.2, 0.25) is 0 Å². The summed E-state index contributed by atoms with van der Waals surface area (Å²) in [6.45, 7) is 1.88. The molecule has 0 bridgehead atoms. The summed E-state index contributed by atoms with van der Waals surface area (Å²) in [5.74, 6) is -1.71. The van der Waals surface area contributed by atoms with Gasteiger partial charge in [-0.2, -0.15) is 0 Å². The normalized spacial score (nSPS) is 16.1. The zero-order valence-corrected chi connectivity index (χ0v) is 11.3. The van der Waals surface area contributed by atoms with Gasteiger partial charge in [-0.25, -0.2) is 8.78 Å². The lowest BCUT2D eigenvalue weighted by Gasteiger charge is -2.31. The Hall–Kier alpha value is -1.20. The van der Waals surface area contributed by atoms with Crippen molar-refractivity contribution in [3.63, 3.8) is 0 Å². The van der Waals surface area contributed by atoms with Crippen molar-refractivity contribution in [3.8, 4) is 0 Å². The molecule has 0 radical (unpaired) electrons. The van der Waals surface area contributed by atoms with Crippen LogP contribution in [0.1, 0.15) is 23.2 Å². The minimum Gasteiger partial charge on any atom is -0.339 e. The Morgan fingerprint density at radius 2 is 1.89 bits per heavy atom. The van der Waals surface area contributed by atoms with Crippen LogP contribution in [0.4, 0.5) is 8.78 Å². The number of hydrogen-bond donors (Lipinski definition) is 1. The van der Waals surface area contributed by atoms with Gasteiger partial charge in [0, 0.05) is 18.7 Å². The first-order valence-electron chi connectivity index (χ1n) is 6.06. The summed E-state index contributed by atoms with van der Waals surface area (Å²) in [6.07, 6.45) is 1.73. The third kappa shape index (κ3) is 3.64. The van der Waals surface area contributed by atoms with Crippen LogP contribution in [0.5, 0.6) is 0 Å². The molecule has 2 N–H and O–H groups in total. The minimum atomic E-state index is -0.988. The Bertz CT molecular complexity index is 448. The molecule has 1 fully saturated rings. The maximum Gasteiger partial charge on any atom is 0.253 e. The molecule has 1 saturated heterocycles. The third-order valence-corrected chi connectivity index (χ3v) is 3.40. The number of piperidine rings is 1. The second kappa shape index (κ2) is 6.82. The molecule has 0 spiro atoms. The van der Waals surface area contributed by atoms with Crippen LogP contribution in [-0.2, 0) is 0 Å². The maximum absolute atomic E-state index is 13.1. The van der Waals surface area contributed by atoms with E-state index in [0.29, 0.717) is 25.6 Å². The third-order valence-electron chi connectivity index (χ3n) is 3.40. The van der Waals surface area contributed by atoms with Crippen molar-refractivity contribution >= 4 is 18.3 Å². The number of benzene rings is 1. The van der Waals surface area contributed by atoms with E-state index in [1.54, 1.807) is 4.90 Å². The van der Waals surface area contributed by atoms with Crippen molar-refractivity contribution in [1.82, 2.24) is 4.90 Å². The summed E-state index contributed by atoms with van der Waals surface area (Å²) < 4.78 is 25.8. The van der Waals surface area contributed by atoms with E-state index in [1.807, 2.05) is 0 Å². The molecule has 1 heterocycles. The molecule has 0 atom stereocenters. The predicted octanol–water partition coefficient (Wildman–Crippen LogP) is 2.20. The molecule has 1 aliphatic rings. The molecular weight excluding hydrogens is 274 g/mol. The number of nitrogens with zero attached hydrogens (tertiary/aromatic N) is 1. The summed E-state index contributed by atoms with van der Waals surface area (Å²) in [5.41, 5.74) is 5.77. The van der Waals surface area contributed by atoms with Crippen LogP contribution < -0.4 is 5.73 Å². The fourth-order valence-electron chi connectivity index (χ4n) is 2.18. The summed E-state index contributed by atoms with van der Waals surface area (Å²) in [4.78, 5) is 13.7. The van der Waals surface area contributed by atoms with Crippen LogP contribution in [0, 0.1) is 17.6 Å². The summed E-state index contributed by atoms with van der Waals surface area (Å²) in [6, 6.07) is 3.25. The van der Waals surface area contributed by atoms with Gasteiger partial charge in [-0.15, -0.1) is 12.4 Å². The molecule has 0 aliphatic carbocycles. The first-order valence-corrected chi connectivity index (χ1v) is 6.06. The zero-order chi connectivity index (χ0) is 13.1. The van der Waals surface area contributed by atoms with Gasteiger partial charge < -0.3 is 10.6 Å². The number of carbonyl (C=O) groups is 1. The molecule has 0 saturated carbocycles. The molecule has 1 aliphatic heterocycles. The first kappa shape index (κ1) is 15.9. The van der Waals surface area contributed by atoms with E-state index in [-0.39, 0.29) is 23.9 Å². The Morgan fingerprint density at radius 3 is 2.42 bits per heavy atom. The van der Waals surface area contributed by atoms with Crippen molar-refractivity contribution in [2.45, 2.75) is 12.8 Å². The highest BCUT2D eigenvalue weighted by atomic mass is 35.5. The highest BCUT2D eigenvalue weighted by Gasteiger charge is 2.23. The van der Waals surface area contributed by atoms with Gasteiger partial charge in [-0.3, -0.25) is 4.79 Å². The monoisotopic (exact) mass is 290 g/mol. The molecule has 1 amide bonds. The Labute approximate surface area is 117 Å². The van der Waals surface area contributed by atoms with Crippen molar-refractivity contribution in [2.75, 3.05) is 19.6 Å². The largest absolute Gasteiger partial charge is 0.339 e. The topological polar surface area (TPSA) is 46.3 Å².